The van der Waals surface area contributed by atoms with Crippen LogP contribution >= 0.6 is 11.5 Å². The summed E-state index contributed by atoms with van der Waals surface area (Å²) in [4.78, 5) is 12.4. The summed E-state index contributed by atoms with van der Waals surface area (Å²) in [5, 5.41) is 11.5. The Hall–Kier alpha value is -1.84. The molecule has 0 spiro atoms. The van der Waals surface area contributed by atoms with Gasteiger partial charge in [0.2, 0.25) is 10.0 Å². The third-order valence-corrected chi connectivity index (χ3v) is 4.37. The number of carbonyl (C=O) groups is 1. The van der Waals surface area contributed by atoms with Crippen molar-refractivity contribution in [1.29, 1.82) is 0 Å². The van der Waals surface area contributed by atoms with Crippen LogP contribution in [0.5, 0.6) is 0 Å². The number of nitrogens with two attached hydrogens (primary N) is 1. The summed E-state index contributed by atoms with van der Waals surface area (Å²) in [5.74, 6) is -0.330. The smallest absolute Gasteiger partial charge is 0.269 e. The first-order valence-electron chi connectivity index (χ1n) is 5.53. The zero-order valence-corrected chi connectivity index (χ0v) is 12.4. The van der Waals surface area contributed by atoms with E-state index in [-0.39, 0.29) is 10.8 Å². The SMILES string of the molecule is Cc1cc(S(N)(=O)=O)ccc1NC(=O)c1snnc1C. The maximum absolute atomic E-state index is 12.0. The molecule has 0 aliphatic heterocycles. The van der Waals surface area contributed by atoms with E-state index in [1.165, 1.54) is 18.2 Å². The van der Waals surface area contributed by atoms with Crippen molar-refractivity contribution in [2.45, 2.75) is 18.7 Å². The van der Waals surface area contributed by atoms with Gasteiger partial charge in [-0.05, 0) is 49.1 Å². The Morgan fingerprint density at radius 2 is 2.05 bits per heavy atom. The number of nitrogens with zero attached hydrogens (tertiary/aromatic N) is 2. The number of nitrogens with one attached hydrogen (secondary N) is 1. The van der Waals surface area contributed by atoms with Crippen LogP contribution in [0.25, 0.3) is 0 Å². The summed E-state index contributed by atoms with van der Waals surface area (Å²) in [6.45, 7) is 3.37. The van der Waals surface area contributed by atoms with Crippen LogP contribution in [0.3, 0.4) is 0 Å². The van der Waals surface area contributed by atoms with E-state index in [9.17, 15) is 13.2 Å². The van der Waals surface area contributed by atoms with E-state index in [0.29, 0.717) is 21.8 Å². The molecule has 2 aromatic rings. The van der Waals surface area contributed by atoms with Gasteiger partial charge in [0, 0.05) is 5.69 Å². The molecule has 0 atom stereocenters. The molecule has 7 nitrogen and oxygen atoms in total. The highest BCUT2D eigenvalue weighted by Crippen LogP contribution is 2.20. The Labute approximate surface area is 120 Å². The van der Waals surface area contributed by atoms with Crippen molar-refractivity contribution in [3.63, 3.8) is 0 Å². The zero-order valence-electron chi connectivity index (χ0n) is 10.7. The normalized spacial score (nSPS) is 11.3. The van der Waals surface area contributed by atoms with E-state index in [0.717, 1.165) is 11.5 Å². The second-order valence-corrected chi connectivity index (χ2v) is 6.48. The molecule has 9 heteroatoms. The first-order chi connectivity index (χ1) is 9.29. The van der Waals surface area contributed by atoms with Crippen LogP contribution in [0.15, 0.2) is 23.1 Å². The largest absolute Gasteiger partial charge is 0.321 e. The predicted octanol–water partition coefficient (Wildman–Crippen LogP) is 1.05. The van der Waals surface area contributed by atoms with Crippen molar-refractivity contribution in [3.05, 3.63) is 34.3 Å². The van der Waals surface area contributed by atoms with Crippen LogP contribution in [0.4, 0.5) is 5.69 Å². The monoisotopic (exact) mass is 312 g/mol. The first kappa shape index (κ1) is 14.6. The van der Waals surface area contributed by atoms with Crippen molar-refractivity contribution in [3.8, 4) is 0 Å². The van der Waals surface area contributed by atoms with Crippen molar-refractivity contribution >= 4 is 33.2 Å². The minimum absolute atomic E-state index is 0.00337. The summed E-state index contributed by atoms with van der Waals surface area (Å²) < 4.78 is 26.1. The quantitative estimate of drug-likeness (QED) is 0.879. The number of aryl methyl sites for hydroxylation is 2. The van der Waals surface area contributed by atoms with E-state index in [1.807, 2.05) is 0 Å². The second kappa shape index (κ2) is 5.27. The number of primary sulfonamides is 1. The van der Waals surface area contributed by atoms with Gasteiger partial charge in [-0.15, -0.1) is 5.10 Å². The summed E-state index contributed by atoms with van der Waals surface area (Å²) in [6.07, 6.45) is 0. The topological polar surface area (TPSA) is 115 Å². The van der Waals surface area contributed by atoms with Crippen LogP contribution in [0.2, 0.25) is 0 Å². The number of benzene rings is 1. The average molecular weight is 312 g/mol. The lowest BCUT2D eigenvalue weighted by Gasteiger charge is -2.08. The van der Waals surface area contributed by atoms with Crippen molar-refractivity contribution in [2.24, 2.45) is 5.14 Å². The van der Waals surface area contributed by atoms with Gasteiger partial charge < -0.3 is 5.32 Å². The Balaban J connectivity index is 2.27. The number of hydrogen-bond donors (Lipinski definition) is 2. The molecule has 0 fully saturated rings. The minimum Gasteiger partial charge on any atom is -0.321 e. The van der Waals surface area contributed by atoms with Crippen LogP contribution in [-0.2, 0) is 10.0 Å². The van der Waals surface area contributed by atoms with Gasteiger partial charge in [0.15, 0.2) is 0 Å². The molecule has 0 unspecified atom stereocenters. The Morgan fingerprint density at radius 1 is 1.35 bits per heavy atom. The highest BCUT2D eigenvalue weighted by Gasteiger charge is 2.15. The highest BCUT2D eigenvalue weighted by molar-refractivity contribution is 7.89. The number of carbonyl (C=O) groups excluding carboxylic acids is 1. The number of anilines is 1. The van der Waals surface area contributed by atoms with Crippen LogP contribution in [-0.4, -0.2) is 23.9 Å². The van der Waals surface area contributed by atoms with Crippen LogP contribution < -0.4 is 10.5 Å². The van der Waals surface area contributed by atoms with Gasteiger partial charge >= 0.3 is 0 Å². The van der Waals surface area contributed by atoms with Crippen molar-refractivity contribution in [2.75, 3.05) is 5.32 Å². The molecular weight excluding hydrogens is 300 g/mol. The van der Waals surface area contributed by atoms with Gasteiger partial charge in [0.05, 0.1) is 10.6 Å². The fourth-order valence-electron chi connectivity index (χ4n) is 1.57. The molecule has 0 radical (unpaired) electrons. The molecule has 1 amide bonds. The number of sulfonamides is 1. The molecule has 3 N–H and O–H groups in total. The molecule has 1 heterocycles. The Bertz CT molecular complexity index is 768. The summed E-state index contributed by atoms with van der Waals surface area (Å²) in [5.41, 5.74) is 1.65. The van der Waals surface area contributed by atoms with E-state index >= 15 is 0 Å². The Morgan fingerprint density at radius 3 is 2.55 bits per heavy atom. The zero-order chi connectivity index (χ0) is 14.9. The second-order valence-electron chi connectivity index (χ2n) is 4.16. The highest BCUT2D eigenvalue weighted by atomic mass is 32.2. The minimum atomic E-state index is -3.75. The van der Waals surface area contributed by atoms with E-state index < -0.39 is 10.0 Å². The average Bonchev–Trinajstić information content (AvgIpc) is 2.76. The predicted molar refractivity (Wildman–Crippen MR) is 75.2 cm³/mol. The van der Waals surface area contributed by atoms with Crippen molar-refractivity contribution in [1.82, 2.24) is 9.59 Å². The fraction of sp³-hybridized carbons (Fsp3) is 0.182. The molecule has 1 aromatic heterocycles. The molecule has 2 rings (SSSR count). The summed E-state index contributed by atoms with van der Waals surface area (Å²) in [7, 11) is -3.75. The van der Waals surface area contributed by atoms with Gasteiger partial charge in [-0.3, -0.25) is 4.79 Å². The molecule has 0 bridgehead atoms. The van der Waals surface area contributed by atoms with Gasteiger partial charge in [0.1, 0.15) is 4.88 Å². The standard InChI is InChI=1S/C11H12N4O3S2/c1-6-5-8(20(12,17)18)3-4-9(6)13-11(16)10-7(2)14-15-19-10/h3-5H,1-2H3,(H,13,16)(H2,12,17,18). The number of aromatic nitrogens is 2. The molecule has 0 saturated heterocycles. The molecule has 1 aromatic carbocycles. The molecule has 20 heavy (non-hydrogen) atoms. The van der Waals surface area contributed by atoms with Gasteiger partial charge in [0.25, 0.3) is 5.91 Å². The summed E-state index contributed by atoms with van der Waals surface area (Å²) in [6, 6.07) is 4.25. The third kappa shape index (κ3) is 3.00. The van der Waals surface area contributed by atoms with E-state index in [2.05, 4.69) is 14.9 Å². The van der Waals surface area contributed by atoms with Gasteiger partial charge in [-0.2, -0.15) is 0 Å². The third-order valence-electron chi connectivity index (χ3n) is 2.63. The van der Waals surface area contributed by atoms with Crippen LogP contribution in [0, 0.1) is 13.8 Å². The van der Waals surface area contributed by atoms with Gasteiger partial charge in [-0.1, -0.05) is 4.49 Å². The molecular formula is C11H12N4O3S2. The number of amides is 1. The van der Waals surface area contributed by atoms with Crippen molar-refractivity contribution < 1.29 is 13.2 Å². The molecule has 0 saturated carbocycles. The Kier molecular flexibility index (Phi) is 3.84. The van der Waals surface area contributed by atoms with E-state index in [1.54, 1.807) is 13.8 Å². The summed E-state index contributed by atoms with van der Waals surface area (Å²) >= 11 is 1.00. The molecule has 106 valence electrons. The first-order valence-corrected chi connectivity index (χ1v) is 7.85. The maximum Gasteiger partial charge on any atom is 0.269 e. The van der Waals surface area contributed by atoms with Gasteiger partial charge in [-0.25, -0.2) is 13.6 Å². The molecule has 0 aliphatic rings. The molecule has 0 aliphatic carbocycles. The lowest BCUT2D eigenvalue weighted by Crippen LogP contribution is -2.15. The fourth-order valence-corrected chi connectivity index (χ4v) is 2.72. The van der Waals surface area contributed by atoms with Crippen LogP contribution in [0.1, 0.15) is 20.9 Å². The van der Waals surface area contributed by atoms with E-state index in [4.69, 9.17) is 5.14 Å². The maximum atomic E-state index is 12.0. The lowest BCUT2D eigenvalue weighted by atomic mass is 10.2. The number of hydrogen-bond acceptors (Lipinski definition) is 6. The number of rotatable bonds is 3. The lowest BCUT2D eigenvalue weighted by molar-refractivity contribution is 0.102.